The van der Waals surface area contributed by atoms with Crippen molar-refractivity contribution in [1.82, 2.24) is 15.0 Å². The molecule has 6 heteroatoms. The minimum atomic E-state index is 0.492. The van der Waals surface area contributed by atoms with Gasteiger partial charge < -0.3 is 15.0 Å². The van der Waals surface area contributed by atoms with Gasteiger partial charge in [-0.25, -0.2) is 9.97 Å². The number of rotatable bonds is 5. The Morgan fingerprint density at radius 1 is 1.00 bits per heavy atom. The van der Waals surface area contributed by atoms with E-state index in [2.05, 4.69) is 25.2 Å². The first-order chi connectivity index (χ1) is 12.8. The Bertz CT molecular complexity index is 861. The minimum Gasteiger partial charge on any atom is -0.439 e. The van der Waals surface area contributed by atoms with Crippen molar-refractivity contribution in [2.45, 2.75) is 19.8 Å². The molecule has 0 radical (unpaired) electrons. The Kier molecular flexibility index (Phi) is 4.64. The fourth-order valence-electron chi connectivity index (χ4n) is 2.98. The second-order valence-electron chi connectivity index (χ2n) is 6.31. The number of nitrogens with one attached hydrogen (secondary N) is 1. The van der Waals surface area contributed by atoms with Crippen molar-refractivity contribution in [3.63, 3.8) is 0 Å². The molecule has 0 saturated carbocycles. The molecule has 3 heterocycles. The first-order valence-corrected chi connectivity index (χ1v) is 8.83. The maximum absolute atomic E-state index is 5.81. The van der Waals surface area contributed by atoms with Gasteiger partial charge in [-0.1, -0.05) is 18.2 Å². The summed E-state index contributed by atoms with van der Waals surface area (Å²) in [7, 11) is 0. The molecule has 0 atom stereocenters. The van der Waals surface area contributed by atoms with Gasteiger partial charge in [0.15, 0.2) is 0 Å². The highest BCUT2D eigenvalue weighted by atomic mass is 16.5. The SMILES string of the molecule is Cc1cc(Oc2ccccc2)nc(Nc2ccc(N3CCCC3)nc2)n1. The van der Waals surface area contributed by atoms with Crippen LogP contribution in [0.4, 0.5) is 17.5 Å². The molecule has 3 aromatic rings. The topological polar surface area (TPSA) is 63.2 Å². The monoisotopic (exact) mass is 347 g/mol. The number of pyridine rings is 1. The number of ether oxygens (including phenoxy) is 1. The Morgan fingerprint density at radius 2 is 1.81 bits per heavy atom. The van der Waals surface area contributed by atoms with Gasteiger partial charge in [0.1, 0.15) is 11.6 Å². The molecule has 6 nitrogen and oxygen atoms in total. The molecular weight excluding hydrogens is 326 g/mol. The summed E-state index contributed by atoms with van der Waals surface area (Å²) in [5.74, 6) is 2.76. The molecule has 0 aliphatic carbocycles. The smallest absolute Gasteiger partial charge is 0.230 e. The maximum atomic E-state index is 5.81. The molecule has 2 aromatic heterocycles. The van der Waals surface area contributed by atoms with Crippen LogP contribution in [0, 0.1) is 6.92 Å². The average Bonchev–Trinajstić information content (AvgIpc) is 3.17. The minimum absolute atomic E-state index is 0.492. The van der Waals surface area contributed by atoms with Crippen LogP contribution >= 0.6 is 0 Å². The molecule has 0 bridgehead atoms. The van der Waals surface area contributed by atoms with Crippen LogP contribution in [0.1, 0.15) is 18.5 Å². The zero-order valence-corrected chi connectivity index (χ0v) is 14.7. The van der Waals surface area contributed by atoms with Gasteiger partial charge in [-0.05, 0) is 44.0 Å². The molecule has 4 rings (SSSR count). The lowest BCUT2D eigenvalue weighted by Crippen LogP contribution is -2.18. The first-order valence-electron chi connectivity index (χ1n) is 8.83. The summed E-state index contributed by atoms with van der Waals surface area (Å²) in [6.07, 6.45) is 4.29. The quantitative estimate of drug-likeness (QED) is 0.742. The molecule has 1 fully saturated rings. The summed E-state index contributed by atoms with van der Waals surface area (Å²) in [6.45, 7) is 4.08. The lowest BCUT2D eigenvalue weighted by atomic mass is 10.3. The van der Waals surface area contributed by atoms with Crippen molar-refractivity contribution < 1.29 is 4.74 Å². The molecule has 132 valence electrons. The number of anilines is 3. The van der Waals surface area contributed by atoms with Crippen LogP contribution in [0.25, 0.3) is 0 Å². The van der Waals surface area contributed by atoms with Crippen molar-refractivity contribution in [3.8, 4) is 11.6 Å². The van der Waals surface area contributed by atoms with Crippen LogP contribution in [-0.2, 0) is 0 Å². The Morgan fingerprint density at radius 3 is 2.54 bits per heavy atom. The number of para-hydroxylation sites is 1. The molecule has 1 aliphatic heterocycles. The van der Waals surface area contributed by atoms with Crippen LogP contribution in [0.5, 0.6) is 11.6 Å². The van der Waals surface area contributed by atoms with E-state index in [0.29, 0.717) is 11.8 Å². The summed E-state index contributed by atoms with van der Waals surface area (Å²) >= 11 is 0. The van der Waals surface area contributed by atoms with E-state index in [9.17, 15) is 0 Å². The van der Waals surface area contributed by atoms with E-state index in [1.165, 1.54) is 12.8 Å². The predicted molar refractivity (Wildman–Crippen MR) is 102 cm³/mol. The van der Waals surface area contributed by atoms with Crippen LogP contribution in [0.3, 0.4) is 0 Å². The fourth-order valence-corrected chi connectivity index (χ4v) is 2.98. The van der Waals surface area contributed by atoms with Crippen molar-refractivity contribution >= 4 is 17.5 Å². The standard InChI is InChI=1S/C20H21N5O/c1-15-13-19(26-17-7-3-2-4-8-17)24-20(22-15)23-16-9-10-18(21-14-16)25-11-5-6-12-25/h2-4,7-10,13-14H,5-6,11-12H2,1H3,(H,22,23,24). The largest absolute Gasteiger partial charge is 0.439 e. The van der Waals surface area contributed by atoms with E-state index in [-0.39, 0.29) is 0 Å². The summed E-state index contributed by atoms with van der Waals surface area (Å²) in [5.41, 5.74) is 1.68. The van der Waals surface area contributed by atoms with Gasteiger partial charge in [-0.3, -0.25) is 0 Å². The zero-order valence-electron chi connectivity index (χ0n) is 14.7. The van der Waals surface area contributed by atoms with Gasteiger partial charge in [0.25, 0.3) is 0 Å². The number of hydrogen-bond acceptors (Lipinski definition) is 6. The van der Waals surface area contributed by atoms with E-state index in [1.807, 2.05) is 61.7 Å². The molecular formula is C20H21N5O. The van der Waals surface area contributed by atoms with E-state index in [4.69, 9.17) is 4.74 Å². The number of aromatic nitrogens is 3. The van der Waals surface area contributed by atoms with Gasteiger partial charge >= 0.3 is 0 Å². The molecule has 1 saturated heterocycles. The molecule has 0 unspecified atom stereocenters. The highest BCUT2D eigenvalue weighted by Gasteiger charge is 2.13. The summed E-state index contributed by atoms with van der Waals surface area (Å²) in [4.78, 5) is 15.7. The van der Waals surface area contributed by atoms with Crippen LogP contribution in [0.15, 0.2) is 54.7 Å². The van der Waals surface area contributed by atoms with Gasteiger partial charge in [0.05, 0.1) is 11.9 Å². The van der Waals surface area contributed by atoms with Gasteiger partial charge in [-0.15, -0.1) is 0 Å². The van der Waals surface area contributed by atoms with Crippen LogP contribution in [0.2, 0.25) is 0 Å². The number of aryl methyl sites for hydroxylation is 1. The second-order valence-corrected chi connectivity index (χ2v) is 6.31. The number of nitrogens with zero attached hydrogens (tertiary/aromatic N) is 4. The Labute approximate surface area is 152 Å². The molecule has 1 aliphatic rings. The van der Waals surface area contributed by atoms with E-state index >= 15 is 0 Å². The van der Waals surface area contributed by atoms with Gasteiger partial charge in [-0.2, -0.15) is 4.98 Å². The van der Waals surface area contributed by atoms with E-state index < -0.39 is 0 Å². The third-order valence-corrected chi connectivity index (χ3v) is 4.23. The first kappa shape index (κ1) is 16.3. The van der Waals surface area contributed by atoms with Crippen molar-refractivity contribution in [1.29, 1.82) is 0 Å². The van der Waals surface area contributed by atoms with E-state index in [1.54, 1.807) is 0 Å². The van der Waals surface area contributed by atoms with Gasteiger partial charge in [0.2, 0.25) is 11.8 Å². The lowest BCUT2D eigenvalue weighted by molar-refractivity contribution is 0.462. The third kappa shape index (κ3) is 3.91. The summed E-state index contributed by atoms with van der Waals surface area (Å²) in [5, 5.41) is 3.21. The molecule has 1 N–H and O–H groups in total. The Hall–Kier alpha value is -3.15. The summed E-state index contributed by atoms with van der Waals surface area (Å²) < 4.78 is 5.81. The van der Waals surface area contributed by atoms with Crippen molar-refractivity contribution in [3.05, 3.63) is 60.4 Å². The zero-order chi connectivity index (χ0) is 17.8. The normalized spacial score (nSPS) is 13.7. The average molecular weight is 347 g/mol. The van der Waals surface area contributed by atoms with Crippen molar-refractivity contribution in [2.75, 3.05) is 23.3 Å². The van der Waals surface area contributed by atoms with Gasteiger partial charge in [0, 0.05) is 24.8 Å². The van der Waals surface area contributed by atoms with Crippen LogP contribution in [-0.4, -0.2) is 28.0 Å². The lowest BCUT2D eigenvalue weighted by Gasteiger charge is -2.16. The second kappa shape index (κ2) is 7.39. The fraction of sp³-hybridized carbons (Fsp3) is 0.250. The highest BCUT2D eigenvalue weighted by Crippen LogP contribution is 2.23. The third-order valence-electron chi connectivity index (χ3n) is 4.23. The maximum Gasteiger partial charge on any atom is 0.230 e. The molecule has 1 aromatic carbocycles. The van der Waals surface area contributed by atoms with E-state index in [0.717, 1.165) is 36.0 Å². The molecule has 0 amide bonds. The molecule has 26 heavy (non-hydrogen) atoms. The highest BCUT2D eigenvalue weighted by molar-refractivity contribution is 5.55. The van der Waals surface area contributed by atoms with Crippen molar-refractivity contribution in [2.24, 2.45) is 0 Å². The number of hydrogen-bond donors (Lipinski definition) is 1. The summed E-state index contributed by atoms with van der Waals surface area (Å²) in [6, 6.07) is 15.4. The Balaban J connectivity index is 1.49. The predicted octanol–water partition coefficient (Wildman–Crippen LogP) is 4.32. The van der Waals surface area contributed by atoms with Crippen LogP contribution < -0.4 is 15.0 Å². The molecule has 0 spiro atoms. The number of benzene rings is 1.